The van der Waals surface area contributed by atoms with Crippen molar-refractivity contribution >= 4 is 40.8 Å². The maximum atomic E-state index is 12.8. The number of carbonyl (C=O) groups excluding carboxylic acids is 3. The molecule has 2 N–H and O–H groups in total. The number of esters is 1. The summed E-state index contributed by atoms with van der Waals surface area (Å²) in [7, 11) is 0. The normalized spacial score (nSPS) is 10.1. The number of carbonyl (C=O) groups is 3. The molecule has 0 saturated heterocycles. The highest BCUT2D eigenvalue weighted by molar-refractivity contribution is 6.30. The summed E-state index contributed by atoms with van der Waals surface area (Å²) in [6.07, 6.45) is 0.440. The standard InChI is InChI=1S/C19H18ClFN2O4/c20-13-4-8-15(9-5-13)22-17(24)2-1-3-19(26)27-12-18(25)23-16-10-6-14(21)7-11-16/h4-11H,1-3,12H2,(H,22,24)(H,23,25). The van der Waals surface area contributed by atoms with Gasteiger partial charge in [-0.25, -0.2) is 4.39 Å². The summed E-state index contributed by atoms with van der Waals surface area (Å²) < 4.78 is 17.6. The molecular formula is C19H18ClFN2O4. The van der Waals surface area contributed by atoms with E-state index in [0.29, 0.717) is 16.4 Å². The minimum Gasteiger partial charge on any atom is -0.456 e. The van der Waals surface area contributed by atoms with Gasteiger partial charge >= 0.3 is 5.97 Å². The van der Waals surface area contributed by atoms with E-state index >= 15 is 0 Å². The van der Waals surface area contributed by atoms with E-state index in [1.807, 2.05) is 0 Å². The highest BCUT2D eigenvalue weighted by Crippen LogP contribution is 2.14. The molecule has 0 aliphatic rings. The van der Waals surface area contributed by atoms with E-state index in [0.717, 1.165) is 0 Å². The third-order valence-corrected chi connectivity index (χ3v) is 3.66. The van der Waals surface area contributed by atoms with Gasteiger partial charge in [-0.1, -0.05) is 11.6 Å². The van der Waals surface area contributed by atoms with Crippen LogP contribution in [0.5, 0.6) is 0 Å². The van der Waals surface area contributed by atoms with E-state index in [1.165, 1.54) is 24.3 Å². The molecule has 0 unspecified atom stereocenters. The van der Waals surface area contributed by atoms with Crippen molar-refractivity contribution in [3.05, 3.63) is 59.4 Å². The van der Waals surface area contributed by atoms with Crippen molar-refractivity contribution in [2.24, 2.45) is 0 Å². The molecule has 142 valence electrons. The van der Waals surface area contributed by atoms with Crippen molar-refractivity contribution < 1.29 is 23.5 Å². The number of amides is 2. The second-order valence-corrected chi connectivity index (χ2v) is 6.06. The highest BCUT2D eigenvalue weighted by atomic mass is 35.5. The van der Waals surface area contributed by atoms with Crippen molar-refractivity contribution in [1.82, 2.24) is 0 Å². The molecule has 0 saturated carbocycles. The van der Waals surface area contributed by atoms with Crippen LogP contribution in [0.1, 0.15) is 19.3 Å². The number of ether oxygens (including phenoxy) is 1. The molecule has 2 aromatic carbocycles. The predicted octanol–water partition coefficient (Wildman–Crippen LogP) is 3.77. The lowest BCUT2D eigenvalue weighted by atomic mass is 10.2. The third kappa shape index (κ3) is 7.87. The zero-order valence-corrected chi connectivity index (χ0v) is 15.1. The fraction of sp³-hybridized carbons (Fsp3) is 0.211. The van der Waals surface area contributed by atoms with Gasteiger partial charge in [0.25, 0.3) is 5.91 Å². The molecule has 0 aliphatic carbocycles. The Balaban J connectivity index is 1.61. The third-order valence-electron chi connectivity index (χ3n) is 3.40. The summed E-state index contributed by atoms with van der Waals surface area (Å²) in [5.41, 5.74) is 1.01. The number of hydrogen-bond acceptors (Lipinski definition) is 4. The van der Waals surface area contributed by atoms with Gasteiger partial charge in [0.15, 0.2) is 6.61 Å². The number of nitrogens with one attached hydrogen (secondary N) is 2. The van der Waals surface area contributed by atoms with Crippen molar-refractivity contribution in [2.75, 3.05) is 17.2 Å². The molecule has 27 heavy (non-hydrogen) atoms. The number of anilines is 2. The van der Waals surface area contributed by atoms with Crippen LogP contribution in [-0.2, 0) is 19.1 Å². The lowest BCUT2D eigenvalue weighted by Crippen LogP contribution is -2.21. The van der Waals surface area contributed by atoms with Crippen molar-refractivity contribution in [3.63, 3.8) is 0 Å². The van der Waals surface area contributed by atoms with Crippen LogP contribution in [0.2, 0.25) is 5.02 Å². The molecule has 0 bridgehead atoms. The summed E-state index contributed by atoms with van der Waals surface area (Å²) in [6.45, 7) is -0.451. The first-order valence-corrected chi connectivity index (χ1v) is 8.56. The van der Waals surface area contributed by atoms with E-state index in [9.17, 15) is 18.8 Å². The molecule has 0 heterocycles. The summed E-state index contributed by atoms with van der Waals surface area (Å²) in [4.78, 5) is 35.1. The molecule has 8 heteroatoms. The molecule has 2 amide bonds. The Hall–Kier alpha value is -2.93. The minimum absolute atomic E-state index is 0.0118. The largest absolute Gasteiger partial charge is 0.456 e. The molecular weight excluding hydrogens is 375 g/mol. The van der Waals surface area contributed by atoms with Crippen LogP contribution in [0.4, 0.5) is 15.8 Å². The van der Waals surface area contributed by atoms with E-state index in [-0.39, 0.29) is 25.2 Å². The van der Waals surface area contributed by atoms with Crippen molar-refractivity contribution in [1.29, 1.82) is 0 Å². The maximum absolute atomic E-state index is 12.8. The lowest BCUT2D eigenvalue weighted by Gasteiger charge is -2.07. The fourth-order valence-corrected chi connectivity index (χ4v) is 2.22. The Labute approximate surface area is 160 Å². The number of rotatable bonds is 8. The van der Waals surface area contributed by atoms with Gasteiger partial charge in [0.2, 0.25) is 5.91 Å². The second-order valence-electron chi connectivity index (χ2n) is 5.62. The molecule has 6 nitrogen and oxygen atoms in total. The zero-order chi connectivity index (χ0) is 19.6. The lowest BCUT2D eigenvalue weighted by molar-refractivity contribution is -0.147. The van der Waals surface area contributed by atoms with Crippen LogP contribution in [0.25, 0.3) is 0 Å². The van der Waals surface area contributed by atoms with Gasteiger partial charge in [0, 0.05) is 29.2 Å². The Morgan fingerprint density at radius 3 is 2.04 bits per heavy atom. The van der Waals surface area contributed by atoms with Gasteiger partial charge in [-0.2, -0.15) is 0 Å². The molecule has 0 spiro atoms. The first-order chi connectivity index (χ1) is 12.9. The van der Waals surface area contributed by atoms with Crippen LogP contribution in [-0.4, -0.2) is 24.4 Å². The summed E-state index contributed by atoms with van der Waals surface area (Å²) in [5, 5.41) is 5.73. The van der Waals surface area contributed by atoms with Gasteiger partial charge in [0.1, 0.15) is 5.82 Å². The average molecular weight is 393 g/mol. The van der Waals surface area contributed by atoms with Gasteiger partial charge < -0.3 is 15.4 Å². The number of halogens is 2. The topological polar surface area (TPSA) is 84.5 Å². The molecule has 0 aliphatic heterocycles. The number of benzene rings is 2. The Morgan fingerprint density at radius 1 is 0.852 bits per heavy atom. The van der Waals surface area contributed by atoms with Crippen LogP contribution in [0.3, 0.4) is 0 Å². The van der Waals surface area contributed by atoms with Gasteiger partial charge in [-0.05, 0) is 55.0 Å². The Kier molecular flexibility index (Phi) is 7.76. The molecule has 0 atom stereocenters. The quantitative estimate of drug-likeness (QED) is 0.670. The van der Waals surface area contributed by atoms with Crippen LogP contribution in [0.15, 0.2) is 48.5 Å². The summed E-state index contributed by atoms with van der Waals surface area (Å²) >= 11 is 5.76. The summed E-state index contributed by atoms with van der Waals surface area (Å²) in [6, 6.07) is 11.9. The molecule has 0 aromatic heterocycles. The van der Waals surface area contributed by atoms with Crippen LogP contribution >= 0.6 is 11.6 Å². The molecule has 0 fully saturated rings. The smallest absolute Gasteiger partial charge is 0.306 e. The van der Waals surface area contributed by atoms with Crippen LogP contribution < -0.4 is 10.6 Å². The first kappa shape index (κ1) is 20.4. The zero-order valence-electron chi connectivity index (χ0n) is 14.3. The second kappa shape index (κ2) is 10.3. The minimum atomic E-state index is -0.580. The monoisotopic (exact) mass is 392 g/mol. The predicted molar refractivity (Wildman–Crippen MR) is 99.9 cm³/mol. The van der Waals surface area contributed by atoms with E-state index in [2.05, 4.69) is 10.6 Å². The molecule has 2 rings (SSSR count). The average Bonchev–Trinajstić information content (AvgIpc) is 2.64. The Morgan fingerprint density at radius 2 is 1.41 bits per heavy atom. The van der Waals surface area contributed by atoms with Gasteiger partial charge in [0.05, 0.1) is 0 Å². The van der Waals surface area contributed by atoms with Crippen molar-refractivity contribution in [2.45, 2.75) is 19.3 Å². The van der Waals surface area contributed by atoms with Crippen LogP contribution in [0, 0.1) is 5.82 Å². The van der Waals surface area contributed by atoms with E-state index in [1.54, 1.807) is 24.3 Å². The molecule has 0 radical (unpaired) electrons. The fourth-order valence-electron chi connectivity index (χ4n) is 2.10. The maximum Gasteiger partial charge on any atom is 0.306 e. The van der Waals surface area contributed by atoms with E-state index in [4.69, 9.17) is 16.3 Å². The molecule has 2 aromatic rings. The summed E-state index contributed by atoms with van der Waals surface area (Å²) in [5.74, 6) is -1.77. The van der Waals surface area contributed by atoms with Gasteiger partial charge in [-0.3, -0.25) is 14.4 Å². The SMILES string of the molecule is O=C(CCCC(=O)OCC(=O)Nc1ccc(F)cc1)Nc1ccc(Cl)cc1. The van der Waals surface area contributed by atoms with E-state index < -0.39 is 24.3 Å². The van der Waals surface area contributed by atoms with Gasteiger partial charge in [-0.15, -0.1) is 0 Å². The van der Waals surface area contributed by atoms with Crippen molar-refractivity contribution in [3.8, 4) is 0 Å². The Bertz CT molecular complexity index is 794. The number of hydrogen-bond donors (Lipinski definition) is 2. The first-order valence-electron chi connectivity index (χ1n) is 8.19. The highest BCUT2D eigenvalue weighted by Gasteiger charge is 2.10.